The van der Waals surface area contributed by atoms with Crippen molar-refractivity contribution < 1.29 is 14.3 Å². The second-order valence-electron chi connectivity index (χ2n) is 7.18. The summed E-state index contributed by atoms with van der Waals surface area (Å²) in [4.78, 5) is 18.6. The van der Waals surface area contributed by atoms with Gasteiger partial charge >= 0.3 is 0 Å². The van der Waals surface area contributed by atoms with Crippen LogP contribution in [0.4, 0.5) is 0 Å². The van der Waals surface area contributed by atoms with Crippen molar-refractivity contribution in [2.24, 2.45) is 4.99 Å². The minimum Gasteiger partial charge on any atom is -0.385 e. The van der Waals surface area contributed by atoms with Crippen molar-refractivity contribution in [3.05, 3.63) is 0 Å². The summed E-state index contributed by atoms with van der Waals surface area (Å²) in [5, 5.41) is 6.45. The number of ether oxygens (including phenoxy) is 2. The minimum absolute atomic E-state index is 0.142. The maximum absolute atomic E-state index is 12.0. The molecule has 0 unspecified atom stereocenters. The zero-order valence-corrected chi connectivity index (χ0v) is 16.5. The molecule has 1 saturated carbocycles. The van der Waals surface area contributed by atoms with Gasteiger partial charge in [0, 0.05) is 59.5 Å². The van der Waals surface area contributed by atoms with Gasteiger partial charge in [-0.05, 0) is 32.1 Å². The largest absolute Gasteiger partial charge is 0.385 e. The molecule has 1 aliphatic heterocycles. The molecule has 2 fully saturated rings. The van der Waals surface area contributed by atoms with E-state index in [9.17, 15) is 4.79 Å². The monoisotopic (exact) mass is 368 g/mol. The summed E-state index contributed by atoms with van der Waals surface area (Å²) in [5.74, 6) is 1.03. The molecule has 2 aliphatic rings. The molecule has 7 nitrogen and oxygen atoms in total. The number of piperidine rings is 1. The number of hydrogen-bond donors (Lipinski definition) is 2. The lowest BCUT2D eigenvalue weighted by Gasteiger charge is -2.34. The molecular formula is C19H36N4O3. The molecule has 0 radical (unpaired) electrons. The number of nitrogens with one attached hydrogen (secondary N) is 2. The highest BCUT2D eigenvalue weighted by Gasteiger charge is 2.22. The number of guanidine groups is 1. The highest BCUT2D eigenvalue weighted by molar-refractivity contribution is 5.81. The van der Waals surface area contributed by atoms with Crippen molar-refractivity contribution in [2.45, 2.75) is 63.5 Å². The van der Waals surface area contributed by atoms with E-state index in [1.165, 1.54) is 12.8 Å². The lowest BCUT2D eigenvalue weighted by Crippen LogP contribution is -2.47. The summed E-state index contributed by atoms with van der Waals surface area (Å²) in [6, 6.07) is 0.393. The van der Waals surface area contributed by atoms with Crippen molar-refractivity contribution in [3.63, 3.8) is 0 Å². The lowest BCUT2D eigenvalue weighted by molar-refractivity contribution is -0.121. The Kier molecular flexibility index (Phi) is 9.77. The van der Waals surface area contributed by atoms with Gasteiger partial charge in [-0.15, -0.1) is 0 Å². The van der Waals surface area contributed by atoms with Crippen LogP contribution in [0.2, 0.25) is 0 Å². The quantitative estimate of drug-likeness (QED) is 0.367. The highest BCUT2D eigenvalue weighted by atomic mass is 16.5. The number of hydrogen-bond acceptors (Lipinski definition) is 4. The average Bonchev–Trinajstić information content (AvgIpc) is 3.16. The molecule has 0 spiro atoms. The van der Waals surface area contributed by atoms with E-state index < -0.39 is 0 Å². The zero-order valence-electron chi connectivity index (χ0n) is 16.5. The SMILES string of the molecule is CN=C(NCCC(=O)NC1CCCC1)N1CCC(OCCCOC)CC1. The topological polar surface area (TPSA) is 75.2 Å². The van der Waals surface area contributed by atoms with E-state index in [0.717, 1.165) is 64.4 Å². The van der Waals surface area contributed by atoms with Gasteiger partial charge in [-0.1, -0.05) is 12.8 Å². The van der Waals surface area contributed by atoms with Crippen LogP contribution in [-0.4, -0.2) is 75.9 Å². The first kappa shape index (κ1) is 21.0. The lowest BCUT2D eigenvalue weighted by atomic mass is 10.1. The van der Waals surface area contributed by atoms with Crippen molar-refractivity contribution in [1.29, 1.82) is 0 Å². The maximum Gasteiger partial charge on any atom is 0.221 e. The molecule has 0 atom stereocenters. The minimum atomic E-state index is 0.142. The summed E-state index contributed by atoms with van der Waals surface area (Å²) in [7, 11) is 3.52. The molecule has 0 aromatic heterocycles. The van der Waals surface area contributed by atoms with Crippen molar-refractivity contribution >= 4 is 11.9 Å². The normalized spacial score (nSPS) is 19.8. The molecule has 1 aliphatic carbocycles. The van der Waals surface area contributed by atoms with Crippen LogP contribution in [0.1, 0.15) is 51.4 Å². The summed E-state index contributed by atoms with van der Waals surface area (Å²) in [6.45, 7) is 4.01. The van der Waals surface area contributed by atoms with E-state index in [-0.39, 0.29) is 5.91 Å². The van der Waals surface area contributed by atoms with E-state index in [2.05, 4.69) is 20.5 Å². The number of carbonyl (C=O) groups excluding carboxylic acids is 1. The van der Waals surface area contributed by atoms with Gasteiger partial charge in [0.25, 0.3) is 0 Å². The Morgan fingerprint density at radius 1 is 1.15 bits per heavy atom. The number of amides is 1. The van der Waals surface area contributed by atoms with Crippen molar-refractivity contribution in [1.82, 2.24) is 15.5 Å². The second kappa shape index (κ2) is 12.1. The fraction of sp³-hybridized carbons (Fsp3) is 0.895. The third kappa shape index (κ3) is 7.50. The third-order valence-electron chi connectivity index (χ3n) is 5.16. The van der Waals surface area contributed by atoms with Crippen LogP contribution in [-0.2, 0) is 14.3 Å². The number of likely N-dealkylation sites (tertiary alicyclic amines) is 1. The molecule has 1 saturated heterocycles. The Morgan fingerprint density at radius 3 is 2.54 bits per heavy atom. The van der Waals surface area contributed by atoms with Gasteiger partial charge in [-0.25, -0.2) is 0 Å². The van der Waals surface area contributed by atoms with E-state index in [4.69, 9.17) is 9.47 Å². The van der Waals surface area contributed by atoms with Gasteiger partial charge in [0.15, 0.2) is 5.96 Å². The molecule has 7 heteroatoms. The molecule has 150 valence electrons. The van der Waals surface area contributed by atoms with Gasteiger partial charge in [0.05, 0.1) is 6.10 Å². The molecule has 0 bridgehead atoms. The highest BCUT2D eigenvalue weighted by Crippen LogP contribution is 2.17. The second-order valence-corrected chi connectivity index (χ2v) is 7.18. The Labute approximate surface area is 157 Å². The Bertz CT molecular complexity index is 431. The first-order valence-corrected chi connectivity index (χ1v) is 10.1. The van der Waals surface area contributed by atoms with Crippen LogP contribution >= 0.6 is 0 Å². The van der Waals surface area contributed by atoms with Gasteiger partial charge < -0.3 is 25.0 Å². The van der Waals surface area contributed by atoms with E-state index in [1.807, 2.05) is 0 Å². The van der Waals surface area contributed by atoms with E-state index in [1.54, 1.807) is 14.2 Å². The predicted molar refractivity (Wildman–Crippen MR) is 103 cm³/mol. The average molecular weight is 369 g/mol. The number of rotatable bonds is 9. The molecule has 1 heterocycles. The predicted octanol–water partition coefficient (Wildman–Crippen LogP) is 1.53. The van der Waals surface area contributed by atoms with Crippen LogP contribution in [0.25, 0.3) is 0 Å². The third-order valence-corrected chi connectivity index (χ3v) is 5.16. The molecule has 2 rings (SSSR count). The number of carbonyl (C=O) groups is 1. The number of aliphatic imine (C=N–C) groups is 1. The molecule has 1 amide bonds. The van der Waals surface area contributed by atoms with Crippen molar-refractivity contribution in [2.75, 3.05) is 47.0 Å². The Balaban J connectivity index is 1.59. The van der Waals surface area contributed by atoms with Crippen LogP contribution in [0.3, 0.4) is 0 Å². The summed E-state index contributed by atoms with van der Waals surface area (Å²) >= 11 is 0. The van der Waals surface area contributed by atoms with E-state index in [0.29, 0.717) is 25.1 Å². The van der Waals surface area contributed by atoms with E-state index >= 15 is 0 Å². The van der Waals surface area contributed by atoms with Crippen LogP contribution < -0.4 is 10.6 Å². The fourth-order valence-corrected chi connectivity index (χ4v) is 3.68. The maximum atomic E-state index is 12.0. The van der Waals surface area contributed by atoms with Gasteiger partial charge in [-0.3, -0.25) is 9.79 Å². The number of nitrogens with zero attached hydrogens (tertiary/aromatic N) is 2. The van der Waals surface area contributed by atoms with Gasteiger partial charge in [0.2, 0.25) is 5.91 Å². The van der Waals surface area contributed by atoms with Crippen LogP contribution in [0, 0.1) is 0 Å². The molecule has 0 aromatic rings. The summed E-state index contributed by atoms with van der Waals surface area (Å²) in [5.41, 5.74) is 0. The first-order chi connectivity index (χ1) is 12.7. The standard InChI is InChI=1S/C19H36N4O3/c1-20-19(21-11-8-18(24)22-16-6-3-4-7-16)23-12-9-17(10-13-23)26-15-5-14-25-2/h16-17H,3-15H2,1-2H3,(H,20,21)(H,22,24). The Hall–Kier alpha value is -1.34. The van der Waals surface area contributed by atoms with Crippen LogP contribution in [0.15, 0.2) is 4.99 Å². The molecular weight excluding hydrogens is 332 g/mol. The fourth-order valence-electron chi connectivity index (χ4n) is 3.68. The van der Waals surface area contributed by atoms with Gasteiger partial charge in [0.1, 0.15) is 0 Å². The summed E-state index contributed by atoms with van der Waals surface area (Å²) in [6.07, 6.45) is 8.53. The molecule has 2 N–H and O–H groups in total. The first-order valence-electron chi connectivity index (χ1n) is 10.1. The molecule has 0 aromatic carbocycles. The van der Waals surface area contributed by atoms with Crippen molar-refractivity contribution in [3.8, 4) is 0 Å². The molecule has 26 heavy (non-hydrogen) atoms. The van der Waals surface area contributed by atoms with Crippen LogP contribution in [0.5, 0.6) is 0 Å². The zero-order chi connectivity index (χ0) is 18.6. The smallest absolute Gasteiger partial charge is 0.221 e. The Morgan fingerprint density at radius 2 is 1.88 bits per heavy atom. The summed E-state index contributed by atoms with van der Waals surface area (Å²) < 4.78 is 10.9. The number of methoxy groups -OCH3 is 1. The van der Waals surface area contributed by atoms with Gasteiger partial charge in [-0.2, -0.15) is 0 Å².